The third-order valence-electron chi connectivity index (χ3n) is 6.36. The van der Waals surface area contributed by atoms with E-state index in [4.69, 9.17) is 10.8 Å². The lowest BCUT2D eigenvalue weighted by atomic mass is 9.97. The number of para-hydroxylation sites is 1. The lowest BCUT2D eigenvalue weighted by molar-refractivity contribution is -0.114. The Morgan fingerprint density at radius 1 is 1.26 bits per heavy atom. The number of nitrogens with two attached hydrogens (primary N) is 1. The highest BCUT2D eigenvalue weighted by atomic mass is 19.1. The zero-order valence-corrected chi connectivity index (χ0v) is 18.4. The van der Waals surface area contributed by atoms with Gasteiger partial charge in [0.05, 0.1) is 22.6 Å². The summed E-state index contributed by atoms with van der Waals surface area (Å²) in [7, 11) is 0. The second-order valence-electron chi connectivity index (χ2n) is 8.46. The van der Waals surface area contributed by atoms with Crippen molar-refractivity contribution in [3.63, 3.8) is 0 Å². The summed E-state index contributed by atoms with van der Waals surface area (Å²) in [6.07, 6.45) is 3.29. The number of nitrogen functional groups attached to an aromatic ring is 1. The van der Waals surface area contributed by atoms with Gasteiger partial charge in [-0.1, -0.05) is 24.8 Å². The molecule has 35 heavy (non-hydrogen) atoms. The van der Waals surface area contributed by atoms with Crippen molar-refractivity contribution in [2.75, 3.05) is 17.2 Å². The van der Waals surface area contributed by atoms with E-state index in [1.54, 1.807) is 15.6 Å². The third-order valence-corrected chi connectivity index (χ3v) is 6.36. The number of nitrogens with one attached hydrogen (secondary N) is 1. The molecule has 0 bridgehead atoms. The fraction of sp³-hybridized carbons (Fsp3) is 0.120. The molecule has 0 spiro atoms. The molecule has 1 unspecified atom stereocenters. The van der Waals surface area contributed by atoms with Gasteiger partial charge < -0.3 is 20.7 Å². The van der Waals surface area contributed by atoms with E-state index in [-0.39, 0.29) is 23.5 Å². The molecule has 2 aromatic carbocycles. The lowest BCUT2D eigenvalue weighted by Gasteiger charge is -2.34. The smallest absolute Gasteiger partial charge is 0.250 e. The molecule has 0 saturated carbocycles. The van der Waals surface area contributed by atoms with E-state index in [2.05, 4.69) is 21.5 Å². The van der Waals surface area contributed by atoms with Crippen LogP contribution in [0.3, 0.4) is 0 Å². The normalized spacial score (nSPS) is 15.5. The minimum absolute atomic E-state index is 0.207. The average Bonchev–Trinajstić information content (AvgIpc) is 3.45. The van der Waals surface area contributed by atoms with Crippen molar-refractivity contribution in [2.24, 2.45) is 0 Å². The number of amides is 1. The second kappa shape index (κ2) is 7.66. The maximum atomic E-state index is 13.9. The number of fused-ring (bicyclic) bond motifs is 3. The summed E-state index contributed by atoms with van der Waals surface area (Å²) in [5.41, 5.74) is 9.98. The number of phenolic OH excluding ortho intramolecular Hbond substituents is 1. The quantitative estimate of drug-likeness (QED) is 0.346. The number of halogens is 1. The van der Waals surface area contributed by atoms with Gasteiger partial charge in [0.2, 0.25) is 5.91 Å². The third kappa shape index (κ3) is 3.22. The number of carbonyl (C=O) groups excluding carboxylic acids is 1. The molecular formula is C25H20FN7O2. The summed E-state index contributed by atoms with van der Waals surface area (Å²) in [5, 5.41) is 16.1. The van der Waals surface area contributed by atoms with Crippen LogP contribution in [0.15, 0.2) is 61.4 Å². The molecular weight excluding hydrogens is 449 g/mol. The van der Waals surface area contributed by atoms with Gasteiger partial charge in [-0.15, -0.1) is 0 Å². The summed E-state index contributed by atoms with van der Waals surface area (Å²) in [6, 6.07) is 11.5. The molecule has 1 atom stereocenters. The number of aromatic nitrogens is 5. The number of hydrogen-bond donors (Lipinski definition) is 3. The number of hydrogen-bond acceptors (Lipinski definition) is 6. The van der Waals surface area contributed by atoms with E-state index in [0.717, 1.165) is 17.3 Å². The Labute approximate surface area is 198 Å². The molecule has 4 N–H and O–H groups in total. The van der Waals surface area contributed by atoms with Crippen molar-refractivity contribution in [1.82, 2.24) is 24.7 Å². The average molecular weight is 469 g/mol. The van der Waals surface area contributed by atoms with E-state index >= 15 is 0 Å². The summed E-state index contributed by atoms with van der Waals surface area (Å²) < 4.78 is 15.6. The van der Waals surface area contributed by atoms with Crippen molar-refractivity contribution in [2.45, 2.75) is 12.5 Å². The van der Waals surface area contributed by atoms with Crippen molar-refractivity contribution in [3.8, 4) is 17.1 Å². The maximum absolute atomic E-state index is 13.9. The van der Waals surface area contributed by atoms with E-state index in [1.807, 2.05) is 24.3 Å². The van der Waals surface area contributed by atoms with Crippen molar-refractivity contribution in [1.29, 1.82) is 0 Å². The Bertz CT molecular complexity index is 1650. The van der Waals surface area contributed by atoms with Crippen LogP contribution in [0.5, 0.6) is 5.75 Å². The van der Waals surface area contributed by atoms with Crippen LogP contribution in [-0.2, 0) is 11.2 Å². The zero-order valence-electron chi connectivity index (χ0n) is 18.4. The molecule has 1 aliphatic heterocycles. The van der Waals surface area contributed by atoms with E-state index in [0.29, 0.717) is 46.3 Å². The number of anilines is 2. The first-order chi connectivity index (χ1) is 16.9. The van der Waals surface area contributed by atoms with Gasteiger partial charge >= 0.3 is 0 Å². The predicted molar refractivity (Wildman–Crippen MR) is 130 cm³/mol. The lowest BCUT2D eigenvalue weighted by Crippen LogP contribution is -2.40. The highest BCUT2D eigenvalue weighted by Crippen LogP contribution is 2.38. The first kappa shape index (κ1) is 20.8. The number of aromatic amines is 1. The summed E-state index contributed by atoms with van der Waals surface area (Å²) in [4.78, 5) is 26.1. The monoisotopic (exact) mass is 469 g/mol. The summed E-state index contributed by atoms with van der Waals surface area (Å²) in [6.45, 7) is 4.01. The standard InChI is InChI=1S/C25H20FN7O2/c1-2-20(35)32-11-16(8-13-5-3-4-6-18(13)32)33-25-21(24(27)28-12-29-25)23(31-33)17-9-14-7-15(26)10-19(34)22(14)30-17/h2-7,9-10,12,16,30,34H,1,8,11H2,(H2,27,28,29). The van der Waals surface area contributed by atoms with Crippen LogP contribution in [0, 0.1) is 5.82 Å². The maximum Gasteiger partial charge on any atom is 0.250 e. The second-order valence-corrected chi connectivity index (χ2v) is 8.46. The van der Waals surface area contributed by atoms with Crippen molar-refractivity contribution in [3.05, 3.63) is 72.8 Å². The number of carbonyl (C=O) groups is 1. The number of nitrogens with zero attached hydrogens (tertiary/aromatic N) is 5. The van der Waals surface area contributed by atoms with Crippen LogP contribution < -0.4 is 10.6 Å². The van der Waals surface area contributed by atoms with Crippen LogP contribution in [0.4, 0.5) is 15.9 Å². The topological polar surface area (TPSA) is 126 Å². The van der Waals surface area contributed by atoms with Gasteiger partial charge in [-0.2, -0.15) is 5.10 Å². The number of H-pyrrole nitrogens is 1. The van der Waals surface area contributed by atoms with Crippen molar-refractivity contribution < 1.29 is 14.3 Å². The highest BCUT2D eigenvalue weighted by molar-refractivity contribution is 6.02. The van der Waals surface area contributed by atoms with Gasteiger partial charge in [-0.3, -0.25) is 4.79 Å². The molecule has 5 aromatic rings. The Kier molecular flexibility index (Phi) is 4.56. The Morgan fingerprint density at radius 3 is 2.91 bits per heavy atom. The Balaban J connectivity index is 1.53. The minimum atomic E-state index is -0.549. The molecule has 6 rings (SSSR count). The fourth-order valence-electron chi connectivity index (χ4n) is 4.81. The summed E-state index contributed by atoms with van der Waals surface area (Å²) in [5.74, 6) is -0.727. The molecule has 3 aromatic heterocycles. The zero-order chi connectivity index (χ0) is 24.3. The first-order valence-corrected chi connectivity index (χ1v) is 11.0. The first-order valence-electron chi connectivity index (χ1n) is 11.0. The molecule has 1 aliphatic rings. The van der Waals surface area contributed by atoms with Crippen LogP contribution >= 0.6 is 0 Å². The van der Waals surface area contributed by atoms with E-state index in [9.17, 15) is 14.3 Å². The predicted octanol–water partition coefficient (Wildman–Crippen LogP) is 3.72. The summed E-state index contributed by atoms with van der Waals surface area (Å²) >= 11 is 0. The van der Waals surface area contributed by atoms with E-state index < -0.39 is 5.82 Å². The number of rotatable bonds is 3. The highest BCUT2D eigenvalue weighted by Gasteiger charge is 2.31. The fourth-order valence-corrected chi connectivity index (χ4v) is 4.81. The molecule has 10 heteroatoms. The van der Waals surface area contributed by atoms with Crippen LogP contribution in [0.2, 0.25) is 0 Å². The molecule has 0 fully saturated rings. The molecule has 0 aliphatic carbocycles. The SMILES string of the molecule is C=CC(=O)N1CC(n2nc(-c3cc4cc(F)cc(O)c4[nH]3)c3c(N)ncnc32)Cc2ccccc21. The minimum Gasteiger partial charge on any atom is -0.506 e. The molecule has 9 nitrogen and oxygen atoms in total. The van der Waals surface area contributed by atoms with Gasteiger partial charge in [0, 0.05) is 23.7 Å². The number of benzene rings is 2. The number of phenols is 1. The largest absolute Gasteiger partial charge is 0.506 e. The molecule has 0 saturated heterocycles. The Hall–Kier alpha value is -4.73. The van der Waals surface area contributed by atoms with Gasteiger partial charge in [0.1, 0.15) is 29.4 Å². The van der Waals surface area contributed by atoms with E-state index in [1.165, 1.54) is 18.5 Å². The van der Waals surface area contributed by atoms with Gasteiger partial charge in [0.15, 0.2) is 5.65 Å². The van der Waals surface area contributed by atoms with Crippen LogP contribution in [0.1, 0.15) is 11.6 Å². The molecule has 1 amide bonds. The van der Waals surface area contributed by atoms with Gasteiger partial charge in [-0.05, 0) is 36.3 Å². The molecule has 174 valence electrons. The van der Waals surface area contributed by atoms with Gasteiger partial charge in [-0.25, -0.2) is 19.0 Å². The molecule has 0 radical (unpaired) electrons. The Morgan fingerprint density at radius 2 is 2.09 bits per heavy atom. The van der Waals surface area contributed by atoms with Crippen LogP contribution in [-0.4, -0.2) is 42.3 Å². The number of aromatic hydroxyl groups is 1. The van der Waals surface area contributed by atoms with Crippen molar-refractivity contribution >= 4 is 39.3 Å². The molecule has 4 heterocycles. The van der Waals surface area contributed by atoms with Crippen LogP contribution in [0.25, 0.3) is 33.3 Å². The van der Waals surface area contributed by atoms with Gasteiger partial charge in [0.25, 0.3) is 0 Å².